The first-order chi connectivity index (χ1) is 12.9. The van der Waals surface area contributed by atoms with Crippen LogP contribution < -0.4 is 20.9 Å². The van der Waals surface area contributed by atoms with Gasteiger partial charge in [0.15, 0.2) is 11.8 Å². The van der Waals surface area contributed by atoms with Gasteiger partial charge in [-0.15, -0.1) is 0 Å². The van der Waals surface area contributed by atoms with Crippen molar-refractivity contribution < 1.29 is 18.9 Å². The van der Waals surface area contributed by atoms with Gasteiger partial charge in [-0.3, -0.25) is 4.79 Å². The molecule has 0 aliphatic heterocycles. The molecule has 0 spiro atoms. The topological polar surface area (TPSA) is 87.8 Å². The monoisotopic (exact) mass is 373 g/mol. The summed E-state index contributed by atoms with van der Waals surface area (Å²) >= 11 is 0. The molecule has 1 aromatic carbocycles. The van der Waals surface area contributed by atoms with Gasteiger partial charge in [0.1, 0.15) is 0 Å². The van der Waals surface area contributed by atoms with Crippen LogP contribution in [-0.2, 0) is 6.54 Å². The normalized spacial score (nSPS) is 12.1. The van der Waals surface area contributed by atoms with E-state index in [1.165, 1.54) is 4.90 Å². The van der Waals surface area contributed by atoms with Gasteiger partial charge in [-0.05, 0) is 43.7 Å². The maximum absolute atomic E-state index is 12.4. The molecule has 146 valence electrons. The predicted octanol–water partition coefficient (Wildman–Crippen LogP) is 1.10. The molecule has 0 unspecified atom stereocenters. The lowest BCUT2D eigenvalue weighted by molar-refractivity contribution is -0.891. The highest BCUT2D eigenvalue weighted by Crippen LogP contribution is 2.10. The Morgan fingerprint density at radius 3 is 2.33 bits per heavy atom. The van der Waals surface area contributed by atoms with Crippen molar-refractivity contribution in [2.24, 2.45) is 0 Å². The number of quaternary nitrogens is 1. The zero-order valence-corrected chi connectivity index (χ0v) is 16.3. The van der Waals surface area contributed by atoms with Gasteiger partial charge in [0.05, 0.1) is 26.9 Å². The van der Waals surface area contributed by atoms with E-state index in [1.54, 1.807) is 18.4 Å². The lowest BCUT2D eigenvalue weighted by Crippen LogP contribution is -3.07. The fraction of sp³-hybridized carbons (Fsp3) is 0.400. The molecule has 7 heteroatoms. The number of carbonyl (C=O) groups is 2. The lowest BCUT2D eigenvalue weighted by atomic mass is 10.1. The standard InChI is InChI=1S/C20H28N4O3/c1-14(2)23-20(26)22-12-15-7-9-16(10-8-15)19(25)21-13-17(24(3)4)18-6-5-11-27-18/h5-11,14,17H,12-13H2,1-4H3,(H,21,25)(H2,22,23,26)/p+1/t17-/m1/s1. The number of carbonyl (C=O) groups excluding carboxylic acids is 2. The van der Waals surface area contributed by atoms with E-state index in [4.69, 9.17) is 4.42 Å². The second-order valence-corrected chi connectivity index (χ2v) is 7.03. The number of nitrogens with one attached hydrogen (secondary N) is 4. The maximum atomic E-state index is 12.4. The van der Waals surface area contributed by atoms with Crippen molar-refractivity contribution in [1.29, 1.82) is 0 Å². The number of furan rings is 1. The van der Waals surface area contributed by atoms with E-state index in [9.17, 15) is 9.59 Å². The Labute approximate surface area is 160 Å². The minimum absolute atomic E-state index is 0.0480. The van der Waals surface area contributed by atoms with Crippen molar-refractivity contribution in [3.05, 3.63) is 59.5 Å². The van der Waals surface area contributed by atoms with E-state index in [2.05, 4.69) is 16.0 Å². The molecule has 4 N–H and O–H groups in total. The first kappa shape index (κ1) is 20.5. The largest absolute Gasteiger partial charge is 0.463 e. The molecule has 0 aliphatic carbocycles. The zero-order valence-electron chi connectivity index (χ0n) is 16.3. The highest BCUT2D eigenvalue weighted by atomic mass is 16.3. The summed E-state index contributed by atoms with van der Waals surface area (Å²) in [7, 11) is 4.05. The molecule has 0 saturated heterocycles. The van der Waals surface area contributed by atoms with Crippen molar-refractivity contribution in [3.63, 3.8) is 0 Å². The molecule has 1 aromatic heterocycles. The summed E-state index contributed by atoms with van der Waals surface area (Å²) < 4.78 is 5.47. The van der Waals surface area contributed by atoms with Gasteiger partial charge >= 0.3 is 6.03 Å². The van der Waals surface area contributed by atoms with Gasteiger partial charge in [0.25, 0.3) is 5.91 Å². The third kappa shape index (κ3) is 6.45. The van der Waals surface area contributed by atoms with Crippen LogP contribution in [0.3, 0.4) is 0 Å². The number of urea groups is 1. The minimum Gasteiger partial charge on any atom is -0.463 e. The summed E-state index contributed by atoms with van der Waals surface area (Å²) in [5, 5.41) is 8.51. The van der Waals surface area contributed by atoms with Crippen molar-refractivity contribution in [2.75, 3.05) is 20.6 Å². The van der Waals surface area contributed by atoms with Crippen LogP contribution in [-0.4, -0.2) is 38.6 Å². The number of hydrogen-bond acceptors (Lipinski definition) is 3. The van der Waals surface area contributed by atoms with Gasteiger partial charge in [-0.25, -0.2) is 4.79 Å². The Hall–Kier alpha value is -2.80. The molecular weight excluding hydrogens is 344 g/mol. The molecule has 3 amide bonds. The maximum Gasteiger partial charge on any atom is 0.315 e. The van der Waals surface area contributed by atoms with Crippen molar-refractivity contribution >= 4 is 11.9 Å². The molecule has 7 nitrogen and oxygen atoms in total. The van der Waals surface area contributed by atoms with E-state index >= 15 is 0 Å². The average Bonchev–Trinajstić information content (AvgIpc) is 3.14. The molecule has 0 aliphatic rings. The fourth-order valence-electron chi connectivity index (χ4n) is 2.65. The van der Waals surface area contributed by atoms with Crippen LogP contribution in [0, 0.1) is 0 Å². The predicted molar refractivity (Wildman–Crippen MR) is 104 cm³/mol. The van der Waals surface area contributed by atoms with Gasteiger partial charge in [0.2, 0.25) is 0 Å². The van der Waals surface area contributed by atoms with Crippen molar-refractivity contribution in [2.45, 2.75) is 32.5 Å². The number of likely N-dealkylation sites (N-methyl/N-ethyl adjacent to an activating group) is 1. The Morgan fingerprint density at radius 2 is 1.78 bits per heavy atom. The van der Waals surface area contributed by atoms with Crippen LogP contribution in [0.4, 0.5) is 4.79 Å². The van der Waals surface area contributed by atoms with Gasteiger partial charge in [-0.1, -0.05) is 12.1 Å². The molecule has 0 saturated carbocycles. The molecule has 0 bridgehead atoms. The lowest BCUT2D eigenvalue weighted by Gasteiger charge is -2.19. The first-order valence-corrected chi connectivity index (χ1v) is 9.11. The van der Waals surface area contributed by atoms with Crippen LogP contribution in [0.5, 0.6) is 0 Å². The molecule has 1 atom stereocenters. The number of rotatable bonds is 8. The number of benzene rings is 1. The molecular formula is C20H29N4O3+. The smallest absolute Gasteiger partial charge is 0.315 e. The summed E-state index contributed by atoms with van der Waals surface area (Å²) in [4.78, 5) is 25.2. The third-order valence-corrected chi connectivity index (χ3v) is 4.14. The van der Waals surface area contributed by atoms with E-state index in [1.807, 2.05) is 52.2 Å². The number of hydrogen-bond donors (Lipinski definition) is 4. The Kier molecular flexibility index (Phi) is 7.43. The Balaban J connectivity index is 1.87. The zero-order chi connectivity index (χ0) is 19.8. The number of amides is 3. The minimum atomic E-state index is -0.207. The van der Waals surface area contributed by atoms with Crippen molar-refractivity contribution in [1.82, 2.24) is 16.0 Å². The van der Waals surface area contributed by atoms with Crippen molar-refractivity contribution in [3.8, 4) is 0 Å². The Bertz CT molecular complexity index is 724. The van der Waals surface area contributed by atoms with Crippen LogP contribution in [0.1, 0.15) is 41.6 Å². The third-order valence-electron chi connectivity index (χ3n) is 4.14. The molecule has 2 rings (SSSR count). The van der Waals surface area contributed by atoms with Crippen LogP contribution in [0.25, 0.3) is 0 Å². The SMILES string of the molecule is CC(C)NC(=O)NCc1ccc(C(=O)NC[C@H](c2ccco2)[NH+](C)C)cc1. The second kappa shape index (κ2) is 9.78. The fourth-order valence-corrected chi connectivity index (χ4v) is 2.65. The van der Waals surface area contributed by atoms with E-state index in [0.29, 0.717) is 18.7 Å². The molecule has 1 heterocycles. The molecule has 2 aromatic rings. The van der Waals surface area contributed by atoms with E-state index in [-0.39, 0.29) is 24.0 Å². The highest BCUT2D eigenvalue weighted by molar-refractivity contribution is 5.94. The molecule has 27 heavy (non-hydrogen) atoms. The first-order valence-electron chi connectivity index (χ1n) is 9.11. The highest BCUT2D eigenvalue weighted by Gasteiger charge is 2.21. The molecule has 0 radical (unpaired) electrons. The Morgan fingerprint density at radius 1 is 1.07 bits per heavy atom. The molecule has 0 fully saturated rings. The van der Waals surface area contributed by atoms with Gasteiger partial charge in [0, 0.05) is 18.2 Å². The van der Waals surface area contributed by atoms with Crippen LogP contribution in [0.2, 0.25) is 0 Å². The van der Waals surface area contributed by atoms with Crippen LogP contribution >= 0.6 is 0 Å². The van der Waals surface area contributed by atoms with Gasteiger partial charge in [-0.2, -0.15) is 0 Å². The average molecular weight is 373 g/mol. The van der Waals surface area contributed by atoms with E-state index < -0.39 is 0 Å². The summed E-state index contributed by atoms with van der Waals surface area (Å²) in [6.07, 6.45) is 1.64. The van der Waals surface area contributed by atoms with Crippen LogP contribution in [0.15, 0.2) is 47.1 Å². The summed E-state index contributed by atoms with van der Waals surface area (Å²) in [5.74, 6) is 0.710. The van der Waals surface area contributed by atoms with E-state index in [0.717, 1.165) is 11.3 Å². The summed E-state index contributed by atoms with van der Waals surface area (Å²) in [5.41, 5.74) is 1.51. The summed E-state index contributed by atoms with van der Waals surface area (Å²) in [6.45, 7) is 4.70. The summed E-state index contributed by atoms with van der Waals surface area (Å²) in [6, 6.07) is 10.9. The second-order valence-electron chi connectivity index (χ2n) is 7.03. The van der Waals surface area contributed by atoms with Gasteiger partial charge < -0.3 is 25.3 Å². The quantitative estimate of drug-likeness (QED) is 0.559.